The zero-order valence-corrected chi connectivity index (χ0v) is 15.7. The number of rotatable bonds is 8. The van der Waals surface area contributed by atoms with Crippen LogP contribution >= 0.6 is 11.6 Å². The van der Waals surface area contributed by atoms with Gasteiger partial charge in [0.2, 0.25) is 11.8 Å². The van der Waals surface area contributed by atoms with Crippen molar-refractivity contribution in [1.82, 2.24) is 10.2 Å². The minimum absolute atomic E-state index is 0.00981. The van der Waals surface area contributed by atoms with E-state index in [-0.39, 0.29) is 30.7 Å². The first-order valence-corrected chi connectivity index (χ1v) is 8.55. The van der Waals surface area contributed by atoms with Crippen molar-refractivity contribution in [2.75, 3.05) is 25.5 Å². The average Bonchev–Trinajstić information content (AvgIpc) is 2.47. The lowest BCUT2D eigenvalue weighted by Gasteiger charge is -2.18. The second-order valence-corrected chi connectivity index (χ2v) is 6.58. The van der Waals surface area contributed by atoms with Crippen molar-refractivity contribution in [3.63, 3.8) is 0 Å². The molecule has 0 fully saturated rings. The van der Waals surface area contributed by atoms with Gasteiger partial charge in [-0.1, -0.05) is 24.9 Å². The Hall–Kier alpha value is -1.80. The molecule has 146 valence electrons. The molecule has 0 radical (unpaired) electrons. The van der Waals surface area contributed by atoms with Gasteiger partial charge in [0.1, 0.15) is 0 Å². The number of hydrogen-bond acceptors (Lipinski definition) is 3. The molecule has 1 rings (SSSR count). The van der Waals surface area contributed by atoms with Crippen LogP contribution in [0.5, 0.6) is 0 Å². The number of nitrogens with one attached hydrogen (secondary N) is 2. The smallest absolute Gasteiger partial charge is 0.353 e. The van der Waals surface area contributed by atoms with Crippen molar-refractivity contribution in [3.05, 3.63) is 28.8 Å². The van der Waals surface area contributed by atoms with Crippen LogP contribution in [0.2, 0.25) is 5.02 Å². The number of alkyl halides is 3. The van der Waals surface area contributed by atoms with E-state index in [0.717, 1.165) is 25.0 Å². The van der Waals surface area contributed by atoms with E-state index in [9.17, 15) is 22.8 Å². The second-order valence-electron chi connectivity index (χ2n) is 6.17. The van der Waals surface area contributed by atoms with E-state index >= 15 is 0 Å². The van der Waals surface area contributed by atoms with Gasteiger partial charge in [0, 0.05) is 11.7 Å². The Labute approximate surface area is 155 Å². The molecule has 0 heterocycles. The van der Waals surface area contributed by atoms with Crippen molar-refractivity contribution in [2.45, 2.75) is 38.9 Å². The van der Waals surface area contributed by atoms with Crippen LogP contribution in [0.3, 0.4) is 0 Å². The van der Waals surface area contributed by atoms with Crippen molar-refractivity contribution >= 4 is 29.1 Å². The highest BCUT2D eigenvalue weighted by Gasteiger charge is 2.33. The van der Waals surface area contributed by atoms with Gasteiger partial charge in [-0.15, -0.1) is 0 Å². The number of anilines is 1. The van der Waals surface area contributed by atoms with Gasteiger partial charge in [-0.2, -0.15) is 13.2 Å². The monoisotopic (exact) mass is 393 g/mol. The van der Waals surface area contributed by atoms with Gasteiger partial charge in [0.15, 0.2) is 0 Å². The molecule has 1 aromatic rings. The average molecular weight is 394 g/mol. The number of carbonyl (C=O) groups excluding carboxylic acids is 2. The topological polar surface area (TPSA) is 61.4 Å². The summed E-state index contributed by atoms with van der Waals surface area (Å²) in [4.78, 5) is 25.3. The van der Waals surface area contributed by atoms with Gasteiger partial charge in [-0.05, 0) is 38.6 Å². The van der Waals surface area contributed by atoms with Gasteiger partial charge in [-0.3, -0.25) is 14.5 Å². The Morgan fingerprint density at radius 3 is 2.42 bits per heavy atom. The molecule has 1 unspecified atom stereocenters. The fourth-order valence-electron chi connectivity index (χ4n) is 2.39. The van der Waals surface area contributed by atoms with E-state index in [1.807, 2.05) is 13.8 Å². The summed E-state index contributed by atoms with van der Waals surface area (Å²) in [5, 5.41) is 4.75. The highest BCUT2D eigenvalue weighted by Crippen LogP contribution is 2.36. The lowest BCUT2D eigenvalue weighted by molar-refractivity contribution is -0.137. The van der Waals surface area contributed by atoms with E-state index in [2.05, 4.69) is 10.6 Å². The number of hydrogen-bond donors (Lipinski definition) is 2. The first-order chi connectivity index (χ1) is 12.0. The number of halogens is 4. The summed E-state index contributed by atoms with van der Waals surface area (Å²) in [5.41, 5.74) is -1.03. The van der Waals surface area contributed by atoms with Crippen LogP contribution in [-0.4, -0.2) is 42.9 Å². The first kappa shape index (κ1) is 22.2. The normalized spacial score (nSPS) is 12.8. The summed E-state index contributed by atoms with van der Waals surface area (Å²) < 4.78 is 38.5. The van der Waals surface area contributed by atoms with Gasteiger partial charge in [0.05, 0.1) is 23.7 Å². The highest BCUT2D eigenvalue weighted by atomic mass is 35.5. The number of carbonyl (C=O) groups is 2. The predicted molar refractivity (Wildman–Crippen MR) is 95.1 cm³/mol. The predicted octanol–water partition coefficient (Wildman–Crippen LogP) is 3.53. The number of amides is 2. The lowest BCUT2D eigenvalue weighted by atomic mass is 10.2. The molecule has 0 aliphatic carbocycles. The maximum atomic E-state index is 12.8. The SMILES string of the molecule is CCCC(C)NC(=O)CN(C)CC(=O)Nc1ccc(Cl)c(C(F)(F)F)c1. The van der Waals surface area contributed by atoms with E-state index in [4.69, 9.17) is 11.6 Å². The summed E-state index contributed by atoms with van der Waals surface area (Å²) in [7, 11) is 1.58. The Morgan fingerprint density at radius 1 is 1.23 bits per heavy atom. The third-order valence-electron chi connectivity index (χ3n) is 3.51. The minimum atomic E-state index is -4.61. The molecule has 0 aliphatic rings. The summed E-state index contributed by atoms with van der Waals surface area (Å²) in [6.07, 6.45) is -2.81. The lowest BCUT2D eigenvalue weighted by Crippen LogP contribution is -2.41. The zero-order chi connectivity index (χ0) is 19.9. The fourth-order valence-corrected chi connectivity index (χ4v) is 2.62. The Balaban J connectivity index is 2.57. The molecule has 1 aromatic carbocycles. The van der Waals surface area contributed by atoms with Crippen molar-refractivity contribution in [3.8, 4) is 0 Å². The molecule has 0 spiro atoms. The van der Waals surface area contributed by atoms with Gasteiger partial charge >= 0.3 is 6.18 Å². The van der Waals surface area contributed by atoms with E-state index in [1.165, 1.54) is 11.0 Å². The third-order valence-corrected chi connectivity index (χ3v) is 3.84. The van der Waals surface area contributed by atoms with Crippen LogP contribution in [0.15, 0.2) is 18.2 Å². The highest BCUT2D eigenvalue weighted by molar-refractivity contribution is 6.31. The van der Waals surface area contributed by atoms with Crippen molar-refractivity contribution < 1.29 is 22.8 Å². The fraction of sp³-hybridized carbons (Fsp3) is 0.529. The standard InChI is InChI=1S/C17H23ClF3N3O2/c1-4-5-11(2)22-15(25)9-24(3)10-16(26)23-12-6-7-14(18)13(8-12)17(19,20)21/h6-8,11H,4-5,9-10H2,1-3H3,(H,22,25)(H,23,26). The molecule has 0 saturated heterocycles. The first-order valence-electron chi connectivity index (χ1n) is 8.17. The Bertz CT molecular complexity index is 638. The van der Waals surface area contributed by atoms with Crippen LogP contribution in [0.4, 0.5) is 18.9 Å². The van der Waals surface area contributed by atoms with Crippen LogP contribution in [-0.2, 0) is 15.8 Å². The van der Waals surface area contributed by atoms with Gasteiger partial charge in [0.25, 0.3) is 0 Å². The Kier molecular flexibility index (Phi) is 8.36. The van der Waals surface area contributed by atoms with Crippen LogP contribution < -0.4 is 10.6 Å². The zero-order valence-electron chi connectivity index (χ0n) is 14.9. The molecular formula is C17H23ClF3N3O2. The summed E-state index contributed by atoms with van der Waals surface area (Å²) in [6.45, 7) is 3.78. The molecule has 1 atom stereocenters. The second kappa shape index (κ2) is 9.78. The maximum Gasteiger partial charge on any atom is 0.417 e. The van der Waals surface area contributed by atoms with E-state index in [1.54, 1.807) is 7.05 Å². The summed E-state index contributed by atoms with van der Waals surface area (Å²) in [6, 6.07) is 3.19. The molecular weight excluding hydrogens is 371 g/mol. The Morgan fingerprint density at radius 2 is 1.85 bits per heavy atom. The van der Waals surface area contributed by atoms with Gasteiger partial charge < -0.3 is 10.6 Å². The van der Waals surface area contributed by atoms with E-state index < -0.39 is 22.7 Å². The van der Waals surface area contributed by atoms with Crippen molar-refractivity contribution in [2.24, 2.45) is 0 Å². The van der Waals surface area contributed by atoms with Crippen LogP contribution in [0.25, 0.3) is 0 Å². The van der Waals surface area contributed by atoms with Crippen LogP contribution in [0.1, 0.15) is 32.3 Å². The van der Waals surface area contributed by atoms with Gasteiger partial charge in [-0.25, -0.2) is 0 Å². The molecule has 0 saturated carbocycles. The quantitative estimate of drug-likeness (QED) is 0.710. The molecule has 0 aliphatic heterocycles. The number of nitrogens with zero attached hydrogens (tertiary/aromatic N) is 1. The molecule has 2 N–H and O–H groups in total. The van der Waals surface area contributed by atoms with E-state index in [0.29, 0.717) is 0 Å². The molecule has 2 amide bonds. The third kappa shape index (κ3) is 7.61. The number of benzene rings is 1. The maximum absolute atomic E-state index is 12.8. The summed E-state index contributed by atoms with van der Waals surface area (Å²) >= 11 is 5.54. The summed E-state index contributed by atoms with van der Waals surface area (Å²) in [5.74, 6) is -0.746. The molecule has 5 nitrogen and oxygen atoms in total. The minimum Gasteiger partial charge on any atom is -0.353 e. The molecule has 0 aromatic heterocycles. The molecule has 9 heteroatoms. The largest absolute Gasteiger partial charge is 0.417 e. The molecule has 0 bridgehead atoms. The van der Waals surface area contributed by atoms with Crippen molar-refractivity contribution in [1.29, 1.82) is 0 Å². The molecule has 26 heavy (non-hydrogen) atoms. The number of likely N-dealkylation sites (N-methyl/N-ethyl adjacent to an activating group) is 1. The van der Waals surface area contributed by atoms with Crippen LogP contribution in [0, 0.1) is 0 Å².